The average molecular weight is 705 g/mol. The molecule has 0 spiro atoms. The predicted octanol–water partition coefficient (Wildman–Crippen LogP) is 6.56. The first-order valence-electron chi connectivity index (χ1n) is 17.4. The number of anilines is 1. The predicted molar refractivity (Wildman–Crippen MR) is 195 cm³/mol. The van der Waals surface area contributed by atoms with Crippen LogP contribution in [0.5, 0.6) is 5.75 Å². The number of aliphatic hydroxyl groups is 4. The summed E-state index contributed by atoms with van der Waals surface area (Å²) in [6.45, 7) is -0.410. The Hall–Kier alpha value is -5.10. The quantitative estimate of drug-likeness (QED) is 0.0967. The number of hydrogen-bond acceptors (Lipinski definition) is 7. The van der Waals surface area contributed by atoms with Crippen LogP contribution in [0.1, 0.15) is 54.2 Å². The molecule has 0 bridgehead atoms. The van der Waals surface area contributed by atoms with E-state index in [4.69, 9.17) is 4.74 Å². The van der Waals surface area contributed by atoms with E-state index < -0.39 is 55.0 Å². The number of rotatable bonds is 10. The van der Waals surface area contributed by atoms with Crippen LogP contribution in [0.4, 0.5) is 14.9 Å². The van der Waals surface area contributed by atoms with Crippen molar-refractivity contribution in [3.8, 4) is 28.0 Å². The number of aliphatic hydroxyl groups excluding tert-OH is 4. The van der Waals surface area contributed by atoms with Gasteiger partial charge < -0.3 is 35.6 Å². The van der Waals surface area contributed by atoms with Crippen molar-refractivity contribution >= 4 is 11.7 Å². The second-order valence-electron chi connectivity index (χ2n) is 13.5. The second kappa shape index (κ2) is 15.2. The lowest BCUT2D eigenvalue weighted by molar-refractivity contribution is -0.181. The molecule has 7 rings (SSSR count). The Balaban J connectivity index is 1.16. The molecule has 6 N–H and O–H groups in total. The Morgan fingerprint density at radius 3 is 2.13 bits per heavy atom. The van der Waals surface area contributed by atoms with E-state index >= 15 is 0 Å². The molecule has 5 aromatic carbocycles. The maximum atomic E-state index is 13.7. The van der Waals surface area contributed by atoms with E-state index in [-0.39, 0.29) is 18.2 Å². The van der Waals surface area contributed by atoms with Gasteiger partial charge in [0, 0.05) is 17.7 Å². The third kappa shape index (κ3) is 7.30. The number of amides is 2. The molecule has 7 atom stereocenters. The fraction of sp³-hybridized carbons (Fsp3) is 0.262. The average Bonchev–Trinajstić information content (AvgIpc) is 3.50. The maximum absolute atomic E-state index is 13.7. The monoisotopic (exact) mass is 704 g/mol. The van der Waals surface area contributed by atoms with Crippen molar-refractivity contribution in [1.82, 2.24) is 5.32 Å². The molecule has 52 heavy (non-hydrogen) atoms. The minimum absolute atomic E-state index is 0.00317. The molecule has 10 heteroatoms. The van der Waals surface area contributed by atoms with E-state index in [1.54, 1.807) is 23.1 Å². The van der Waals surface area contributed by atoms with E-state index in [9.17, 15) is 34.7 Å². The zero-order valence-corrected chi connectivity index (χ0v) is 28.3. The molecule has 2 heterocycles. The maximum Gasteiger partial charge on any atom is 0.322 e. The molecule has 0 radical (unpaired) electrons. The van der Waals surface area contributed by atoms with Crippen LogP contribution >= 0.6 is 0 Å². The van der Waals surface area contributed by atoms with Gasteiger partial charge in [-0.05, 0) is 76.6 Å². The van der Waals surface area contributed by atoms with Crippen molar-refractivity contribution in [2.24, 2.45) is 0 Å². The summed E-state index contributed by atoms with van der Waals surface area (Å²) in [7, 11) is 0. The van der Waals surface area contributed by atoms with Gasteiger partial charge in [0.05, 0.1) is 37.0 Å². The van der Waals surface area contributed by atoms with E-state index in [1.807, 2.05) is 91.0 Å². The number of nitrogens with one attached hydrogen (secondary N) is 1. The van der Waals surface area contributed by atoms with Crippen LogP contribution in [0.15, 0.2) is 121 Å². The Morgan fingerprint density at radius 1 is 0.827 bits per heavy atom. The van der Waals surface area contributed by atoms with Gasteiger partial charge in [-0.25, -0.2) is 9.18 Å². The van der Waals surface area contributed by atoms with Crippen LogP contribution in [0, 0.1) is 5.82 Å². The zero-order chi connectivity index (χ0) is 36.4. The standard InChI is InChI=1S/C42H41FN2O7/c43-31-15-10-28(11-16-31)35(47)21-20-34-40(45(42(51)44-34)32-17-12-26(13-18-32)25-4-2-1-3-5-25)33-19-14-30(22-36(33)48)27-6-8-29(9-7-27)38-23-37(49)41(50)39(24-46)52-38/h1-19,22,34-35,37-41,46-50H,20-21,23-24H2,(H,44,51)/t34?,35?,37?,38?,39?,40?,41-/m0/s1. The number of halogens is 1. The normalized spacial score (nSPS) is 23.7. The molecular formula is C42H41FN2O7. The fourth-order valence-corrected chi connectivity index (χ4v) is 7.29. The van der Waals surface area contributed by atoms with E-state index in [0.29, 0.717) is 29.7 Å². The number of aromatic hydroxyl groups is 1. The van der Waals surface area contributed by atoms with Gasteiger partial charge in [-0.15, -0.1) is 0 Å². The molecule has 2 amide bonds. The number of benzene rings is 5. The first-order chi connectivity index (χ1) is 25.2. The molecule has 0 aliphatic carbocycles. The van der Waals surface area contributed by atoms with Gasteiger partial charge in [0.25, 0.3) is 0 Å². The highest BCUT2D eigenvalue weighted by molar-refractivity contribution is 5.96. The van der Waals surface area contributed by atoms with Crippen molar-refractivity contribution in [2.75, 3.05) is 11.5 Å². The lowest BCUT2D eigenvalue weighted by Crippen LogP contribution is -2.47. The topological polar surface area (TPSA) is 143 Å². The van der Waals surface area contributed by atoms with Crippen LogP contribution in [0.2, 0.25) is 0 Å². The van der Waals surface area contributed by atoms with Gasteiger partial charge in [-0.3, -0.25) is 4.90 Å². The molecule has 2 aliphatic heterocycles. The minimum Gasteiger partial charge on any atom is -0.508 e. The number of carbonyl (C=O) groups excluding carboxylic acids is 1. The van der Waals surface area contributed by atoms with Crippen LogP contribution in [-0.4, -0.2) is 62.5 Å². The Labute approximate surface area is 301 Å². The van der Waals surface area contributed by atoms with Gasteiger partial charge in [0.15, 0.2) is 0 Å². The van der Waals surface area contributed by atoms with Crippen LogP contribution < -0.4 is 10.2 Å². The lowest BCUT2D eigenvalue weighted by atomic mass is 9.90. The Bertz CT molecular complexity index is 1980. The highest BCUT2D eigenvalue weighted by Crippen LogP contribution is 2.42. The number of phenols is 1. The number of ether oxygens (including phenoxy) is 1. The van der Waals surface area contributed by atoms with Crippen molar-refractivity contribution in [3.63, 3.8) is 0 Å². The van der Waals surface area contributed by atoms with Gasteiger partial charge in [0.1, 0.15) is 23.8 Å². The molecule has 2 aliphatic rings. The van der Waals surface area contributed by atoms with Gasteiger partial charge in [0.2, 0.25) is 0 Å². The summed E-state index contributed by atoms with van der Waals surface area (Å²) in [5.74, 6) is -0.394. The summed E-state index contributed by atoms with van der Waals surface area (Å²) in [5.41, 5.74) is 6.13. The summed E-state index contributed by atoms with van der Waals surface area (Å²) in [6, 6.07) is 34.7. The zero-order valence-electron chi connectivity index (χ0n) is 28.3. The summed E-state index contributed by atoms with van der Waals surface area (Å²) in [6.07, 6.45) is -3.58. The highest BCUT2D eigenvalue weighted by Gasteiger charge is 2.42. The lowest BCUT2D eigenvalue weighted by Gasteiger charge is -2.36. The summed E-state index contributed by atoms with van der Waals surface area (Å²) >= 11 is 0. The summed E-state index contributed by atoms with van der Waals surface area (Å²) < 4.78 is 19.4. The van der Waals surface area contributed by atoms with Crippen molar-refractivity contribution in [2.45, 2.75) is 61.9 Å². The van der Waals surface area contributed by atoms with Crippen LogP contribution in [-0.2, 0) is 4.74 Å². The summed E-state index contributed by atoms with van der Waals surface area (Å²) in [4.78, 5) is 15.3. The van der Waals surface area contributed by atoms with Gasteiger partial charge in [-0.1, -0.05) is 91.0 Å². The first-order valence-corrected chi connectivity index (χ1v) is 17.4. The third-order valence-electron chi connectivity index (χ3n) is 10.2. The Kier molecular flexibility index (Phi) is 10.4. The van der Waals surface area contributed by atoms with Crippen molar-refractivity contribution in [3.05, 3.63) is 144 Å². The van der Waals surface area contributed by atoms with E-state index in [0.717, 1.165) is 27.8 Å². The molecule has 9 nitrogen and oxygen atoms in total. The molecule has 2 saturated heterocycles. The molecule has 0 saturated carbocycles. The SMILES string of the molecule is O=C1NC(CCC(O)c2ccc(F)cc2)C(c2ccc(-c3ccc(C4CC(O)[C@H](O)C(CO)O4)cc3)cc2O)N1c1ccc(-c2ccccc2)cc1. The highest BCUT2D eigenvalue weighted by atomic mass is 19.1. The van der Waals surface area contributed by atoms with Crippen LogP contribution in [0.25, 0.3) is 22.3 Å². The molecule has 6 unspecified atom stereocenters. The summed E-state index contributed by atoms with van der Waals surface area (Å²) in [5, 5.41) is 55.5. The minimum atomic E-state index is -1.16. The number of carbonyl (C=O) groups is 1. The number of nitrogens with zero attached hydrogens (tertiary/aromatic N) is 1. The number of hydrogen-bond donors (Lipinski definition) is 6. The second-order valence-corrected chi connectivity index (χ2v) is 13.5. The third-order valence-corrected chi connectivity index (χ3v) is 10.2. The van der Waals surface area contributed by atoms with Crippen LogP contribution in [0.3, 0.4) is 0 Å². The number of urea groups is 1. The van der Waals surface area contributed by atoms with E-state index in [2.05, 4.69) is 5.32 Å². The molecule has 0 aromatic heterocycles. The first kappa shape index (κ1) is 35.3. The molecular weight excluding hydrogens is 663 g/mol. The van der Waals surface area contributed by atoms with E-state index in [1.165, 1.54) is 12.1 Å². The number of phenolic OH excluding ortho intramolecular Hbond substituents is 1. The largest absolute Gasteiger partial charge is 0.508 e. The molecule has 2 fully saturated rings. The van der Waals surface area contributed by atoms with Gasteiger partial charge >= 0.3 is 6.03 Å². The van der Waals surface area contributed by atoms with Crippen molar-refractivity contribution < 1.29 is 39.5 Å². The smallest absolute Gasteiger partial charge is 0.322 e. The van der Waals surface area contributed by atoms with Crippen molar-refractivity contribution in [1.29, 1.82) is 0 Å². The molecule has 5 aromatic rings. The Morgan fingerprint density at radius 2 is 1.46 bits per heavy atom. The van der Waals surface area contributed by atoms with Gasteiger partial charge in [-0.2, -0.15) is 0 Å². The molecule has 268 valence electrons. The fourth-order valence-electron chi connectivity index (χ4n) is 7.29.